The largest absolute Gasteiger partial charge is 0.497 e. The number of hydrogen-bond donors (Lipinski definition) is 0. The molecule has 0 unspecified atom stereocenters. The van der Waals surface area contributed by atoms with Gasteiger partial charge in [0.1, 0.15) is 11.5 Å². The number of sulfone groups is 1. The summed E-state index contributed by atoms with van der Waals surface area (Å²) in [5.41, 5.74) is 2.24. The number of ether oxygens (including phenoxy) is 2. The molecule has 116 valence electrons. The topological polar surface area (TPSA) is 52.6 Å². The van der Waals surface area contributed by atoms with Crippen LogP contribution in [0.4, 0.5) is 0 Å². The van der Waals surface area contributed by atoms with E-state index in [9.17, 15) is 8.42 Å². The second-order valence-corrected chi connectivity index (χ2v) is 6.71. The van der Waals surface area contributed by atoms with Crippen molar-refractivity contribution in [3.63, 3.8) is 0 Å². The van der Waals surface area contributed by atoms with Crippen LogP contribution < -0.4 is 9.47 Å². The molecule has 0 aliphatic rings. The minimum absolute atomic E-state index is 0.632. The van der Waals surface area contributed by atoms with Crippen LogP contribution in [-0.2, 0) is 9.84 Å². The first kappa shape index (κ1) is 16.1. The van der Waals surface area contributed by atoms with Crippen LogP contribution in [0.1, 0.15) is 11.1 Å². The quantitative estimate of drug-likeness (QED) is 0.850. The summed E-state index contributed by atoms with van der Waals surface area (Å²) < 4.78 is 33.7. The summed E-state index contributed by atoms with van der Waals surface area (Å²) in [5, 5.41) is 1.27. The SMILES string of the molecule is COc1ccc(C(=CS(C)(=O)=O)c2ccc(OC)cc2)cc1. The second kappa shape index (κ2) is 6.66. The normalized spacial score (nSPS) is 10.9. The number of benzene rings is 2. The van der Waals surface area contributed by atoms with E-state index in [4.69, 9.17) is 9.47 Å². The maximum absolute atomic E-state index is 11.7. The first-order valence-corrected chi connectivity index (χ1v) is 8.59. The molecule has 0 atom stereocenters. The van der Waals surface area contributed by atoms with E-state index < -0.39 is 9.84 Å². The molecule has 5 heteroatoms. The molecule has 0 aliphatic heterocycles. The van der Waals surface area contributed by atoms with E-state index in [0.717, 1.165) is 22.6 Å². The van der Waals surface area contributed by atoms with Crippen LogP contribution in [0.15, 0.2) is 53.9 Å². The molecule has 0 saturated carbocycles. The summed E-state index contributed by atoms with van der Waals surface area (Å²) in [5.74, 6) is 1.44. The highest BCUT2D eigenvalue weighted by Gasteiger charge is 2.09. The molecular formula is C17H18O4S. The Hall–Kier alpha value is -2.27. The van der Waals surface area contributed by atoms with E-state index in [0.29, 0.717) is 5.57 Å². The minimum Gasteiger partial charge on any atom is -0.497 e. The van der Waals surface area contributed by atoms with E-state index in [1.165, 1.54) is 11.7 Å². The molecule has 0 aromatic heterocycles. The van der Waals surface area contributed by atoms with Crippen LogP contribution in [-0.4, -0.2) is 28.9 Å². The molecule has 0 bridgehead atoms. The van der Waals surface area contributed by atoms with Gasteiger partial charge in [0, 0.05) is 17.2 Å². The van der Waals surface area contributed by atoms with Crippen LogP contribution in [0.3, 0.4) is 0 Å². The Bertz CT molecular complexity index is 708. The molecule has 2 rings (SSSR count). The summed E-state index contributed by atoms with van der Waals surface area (Å²) in [4.78, 5) is 0. The predicted octanol–water partition coefficient (Wildman–Crippen LogP) is 3.14. The van der Waals surface area contributed by atoms with Gasteiger partial charge in [0.2, 0.25) is 0 Å². The van der Waals surface area contributed by atoms with Crippen molar-refractivity contribution < 1.29 is 17.9 Å². The van der Waals surface area contributed by atoms with Gasteiger partial charge in [-0.3, -0.25) is 0 Å². The molecule has 4 nitrogen and oxygen atoms in total. The molecular weight excluding hydrogens is 300 g/mol. The van der Waals surface area contributed by atoms with Crippen molar-refractivity contribution in [2.24, 2.45) is 0 Å². The van der Waals surface area contributed by atoms with Gasteiger partial charge in [-0.25, -0.2) is 8.42 Å². The molecule has 0 fully saturated rings. The predicted molar refractivity (Wildman–Crippen MR) is 87.9 cm³/mol. The van der Waals surface area contributed by atoms with E-state index >= 15 is 0 Å². The Morgan fingerprint density at radius 1 is 0.818 bits per heavy atom. The Labute approximate surface area is 130 Å². The third-order valence-corrected chi connectivity index (χ3v) is 3.80. The molecule has 2 aromatic carbocycles. The molecule has 0 heterocycles. The molecule has 0 radical (unpaired) electrons. The minimum atomic E-state index is -3.28. The van der Waals surface area contributed by atoms with Gasteiger partial charge in [-0.1, -0.05) is 24.3 Å². The Balaban J connectivity index is 2.52. The summed E-state index contributed by atoms with van der Waals surface area (Å²) in [7, 11) is -0.0975. The highest BCUT2D eigenvalue weighted by atomic mass is 32.2. The van der Waals surface area contributed by atoms with E-state index in [2.05, 4.69) is 0 Å². The van der Waals surface area contributed by atoms with Crippen molar-refractivity contribution in [2.75, 3.05) is 20.5 Å². The zero-order chi connectivity index (χ0) is 16.2. The standard InChI is InChI=1S/C17H18O4S/c1-20-15-8-4-13(5-9-15)17(12-22(3,18)19)14-6-10-16(21-2)11-7-14/h4-12H,1-3H3. The molecule has 2 aromatic rings. The molecule has 0 saturated heterocycles. The fourth-order valence-electron chi connectivity index (χ4n) is 2.06. The van der Waals surface area contributed by atoms with Crippen molar-refractivity contribution in [1.29, 1.82) is 0 Å². The van der Waals surface area contributed by atoms with E-state index in [-0.39, 0.29) is 0 Å². The van der Waals surface area contributed by atoms with Crippen molar-refractivity contribution in [1.82, 2.24) is 0 Å². The first-order valence-electron chi connectivity index (χ1n) is 6.63. The monoisotopic (exact) mass is 318 g/mol. The Morgan fingerprint density at radius 3 is 1.45 bits per heavy atom. The fourth-order valence-corrected chi connectivity index (χ4v) is 2.76. The third kappa shape index (κ3) is 4.11. The molecule has 0 aliphatic carbocycles. The van der Waals surface area contributed by atoms with E-state index in [1.807, 2.05) is 24.3 Å². The van der Waals surface area contributed by atoms with Crippen molar-refractivity contribution in [3.8, 4) is 11.5 Å². The van der Waals surface area contributed by atoms with Gasteiger partial charge >= 0.3 is 0 Å². The molecule has 0 N–H and O–H groups in total. The number of hydrogen-bond acceptors (Lipinski definition) is 4. The number of rotatable bonds is 5. The lowest BCUT2D eigenvalue weighted by atomic mass is 9.99. The molecule has 0 amide bonds. The lowest BCUT2D eigenvalue weighted by Gasteiger charge is -2.10. The fraction of sp³-hybridized carbons (Fsp3) is 0.176. The summed E-state index contributed by atoms with van der Waals surface area (Å²) in [6.45, 7) is 0. The van der Waals surface area contributed by atoms with Crippen molar-refractivity contribution >= 4 is 15.4 Å². The maximum atomic E-state index is 11.7. The smallest absolute Gasteiger partial charge is 0.169 e. The summed E-state index contributed by atoms with van der Waals surface area (Å²) in [6.07, 6.45) is 1.18. The van der Waals surface area contributed by atoms with Gasteiger partial charge in [-0.2, -0.15) is 0 Å². The average molecular weight is 318 g/mol. The zero-order valence-electron chi connectivity index (χ0n) is 12.7. The van der Waals surface area contributed by atoms with Crippen molar-refractivity contribution in [2.45, 2.75) is 0 Å². The van der Waals surface area contributed by atoms with Gasteiger partial charge in [0.15, 0.2) is 9.84 Å². The van der Waals surface area contributed by atoms with Gasteiger partial charge in [-0.05, 0) is 35.4 Å². The average Bonchev–Trinajstić information content (AvgIpc) is 2.52. The van der Waals surface area contributed by atoms with Gasteiger partial charge < -0.3 is 9.47 Å². The van der Waals surface area contributed by atoms with Crippen LogP contribution in [0.25, 0.3) is 5.57 Å². The van der Waals surface area contributed by atoms with Crippen LogP contribution >= 0.6 is 0 Å². The Morgan fingerprint density at radius 2 is 1.18 bits per heavy atom. The molecule has 22 heavy (non-hydrogen) atoms. The molecule has 0 spiro atoms. The van der Waals surface area contributed by atoms with Crippen LogP contribution in [0.5, 0.6) is 11.5 Å². The van der Waals surface area contributed by atoms with Gasteiger partial charge in [0.25, 0.3) is 0 Å². The summed E-state index contributed by atoms with van der Waals surface area (Å²) in [6, 6.07) is 14.5. The lowest BCUT2D eigenvalue weighted by Crippen LogP contribution is -1.96. The number of methoxy groups -OCH3 is 2. The van der Waals surface area contributed by atoms with Crippen LogP contribution in [0.2, 0.25) is 0 Å². The first-order chi connectivity index (χ1) is 10.4. The van der Waals surface area contributed by atoms with Gasteiger partial charge in [0.05, 0.1) is 14.2 Å². The summed E-state index contributed by atoms with van der Waals surface area (Å²) >= 11 is 0. The highest BCUT2D eigenvalue weighted by molar-refractivity contribution is 7.93. The highest BCUT2D eigenvalue weighted by Crippen LogP contribution is 2.27. The lowest BCUT2D eigenvalue weighted by molar-refractivity contribution is 0.414. The van der Waals surface area contributed by atoms with Crippen molar-refractivity contribution in [3.05, 3.63) is 65.1 Å². The Kier molecular flexibility index (Phi) is 4.88. The van der Waals surface area contributed by atoms with E-state index in [1.54, 1.807) is 38.5 Å². The van der Waals surface area contributed by atoms with Gasteiger partial charge in [-0.15, -0.1) is 0 Å². The zero-order valence-corrected chi connectivity index (χ0v) is 13.6. The second-order valence-electron chi connectivity index (χ2n) is 4.82. The third-order valence-electron chi connectivity index (χ3n) is 3.13. The maximum Gasteiger partial charge on any atom is 0.169 e. The van der Waals surface area contributed by atoms with Crippen LogP contribution in [0, 0.1) is 0 Å².